The van der Waals surface area contributed by atoms with E-state index in [9.17, 15) is 13.2 Å². The monoisotopic (exact) mass is 286 g/mol. The van der Waals surface area contributed by atoms with E-state index < -0.39 is 23.5 Å². The number of rotatable bonds is 4. The Bertz CT molecular complexity index is 615. The molecule has 20 heavy (non-hydrogen) atoms. The number of likely N-dealkylation sites (N-methyl/N-ethyl adjacent to an activating group) is 1. The molecule has 0 aliphatic heterocycles. The Balaban J connectivity index is 2.32. The zero-order valence-corrected chi connectivity index (χ0v) is 10.9. The fourth-order valence-electron chi connectivity index (χ4n) is 1.66. The van der Waals surface area contributed by atoms with Crippen molar-refractivity contribution in [2.75, 3.05) is 20.6 Å². The Hall–Kier alpha value is -1.93. The Morgan fingerprint density at radius 1 is 1.25 bits per heavy atom. The summed E-state index contributed by atoms with van der Waals surface area (Å²) in [5, 5.41) is 3.62. The molecular weight excluding hydrogens is 273 g/mol. The van der Waals surface area contributed by atoms with Crippen molar-refractivity contribution in [3.05, 3.63) is 35.4 Å². The van der Waals surface area contributed by atoms with Crippen molar-refractivity contribution in [3.8, 4) is 11.5 Å². The number of nitrogens with two attached hydrogens (primary N) is 1. The first-order chi connectivity index (χ1) is 9.40. The lowest BCUT2D eigenvalue weighted by atomic mass is 10.2. The lowest BCUT2D eigenvalue weighted by Crippen LogP contribution is -2.26. The molecule has 1 atom stereocenters. The smallest absolute Gasteiger partial charge is 0.261 e. The summed E-state index contributed by atoms with van der Waals surface area (Å²) < 4.78 is 44.4. The predicted molar refractivity (Wildman–Crippen MR) is 65.1 cm³/mol. The van der Waals surface area contributed by atoms with Crippen molar-refractivity contribution in [1.82, 2.24) is 15.0 Å². The topological polar surface area (TPSA) is 68.2 Å². The molecule has 1 aromatic heterocycles. The maximum Gasteiger partial charge on any atom is 0.261 e. The number of hydrogen-bond acceptors (Lipinski definition) is 5. The molecule has 108 valence electrons. The molecule has 0 radical (unpaired) electrons. The molecule has 1 unspecified atom stereocenters. The van der Waals surface area contributed by atoms with Gasteiger partial charge in [-0.15, -0.1) is 0 Å². The summed E-state index contributed by atoms with van der Waals surface area (Å²) in [5.74, 6) is -4.32. The maximum absolute atomic E-state index is 13.6. The molecule has 1 aromatic carbocycles. The Kier molecular flexibility index (Phi) is 4.05. The van der Waals surface area contributed by atoms with E-state index in [0.29, 0.717) is 6.54 Å². The van der Waals surface area contributed by atoms with Crippen LogP contribution in [0.5, 0.6) is 0 Å². The summed E-state index contributed by atoms with van der Waals surface area (Å²) in [7, 11) is 3.63. The van der Waals surface area contributed by atoms with Crippen LogP contribution in [0.3, 0.4) is 0 Å². The molecule has 0 aliphatic rings. The van der Waals surface area contributed by atoms with Crippen LogP contribution in [0.15, 0.2) is 16.7 Å². The van der Waals surface area contributed by atoms with Crippen LogP contribution in [0.4, 0.5) is 13.2 Å². The highest BCUT2D eigenvalue weighted by molar-refractivity contribution is 5.54. The average molecular weight is 286 g/mol. The number of hydrogen-bond donors (Lipinski definition) is 1. The highest BCUT2D eigenvalue weighted by Gasteiger charge is 2.21. The molecule has 0 aliphatic carbocycles. The second-order valence-corrected chi connectivity index (χ2v) is 4.55. The van der Waals surface area contributed by atoms with Crippen molar-refractivity contribution in [2.45, 2.75) is 6.04 Å². The minimum absolute atomic E-state index is 0.165. The second-order valence-electron chi connectivity index (χ2n) is 4.55. The van der Waals surface area contributed by atoms with E-state index in [1.54, 1.807) is 0 Å². The third-order valence-electron chi connectivity index (χ3n) is 2.60. The quantitative estimate of drug-likeness (QED) is 0.867. The first-order valence-corrected chi connectivity index (χ1v) is 5.78. The number of aromatic nitrogens is 2. The van der Waals surface area contributed by atoms with Gasteiger partial charge in [-0.3, -0.25) is 0 Å². The fourth-order valence-corrected chi connectivity index (χ4v) is 1.66. The van der Waals surface area contributed by atoms with Crippen LogP contribution >= 0.6 is 0 Å². The van der Waals surface area contributed by atoms with E-state index in [-0.39, 0.29) is 17.3 Å². The molecule has 0 saturated heterocycles. The molecule has 2 rings (SSSR count). The SMILES string of the molecule is CN(C)CC(N)c1noc(-c2ccc(F)c(F)c2F)n1. The summed E-state index contributed by atoms with van der Waals surface area (Å²) >= 11 is 0. The molecule has 0 amide bonds. The van der Waals surface area contributed by atoms with Gasteiger partial charge in [-0.05, 0) is 26.2 Å². The van der Waals surface area contributed by atoms with Crippen LogP contribution in [0.2, 0.25) is 0 Å². The first-order valence-electron chi connectivity index (χ1n) is 5.78. The molecule has 2 aromatic rings. The number of nitrogens with zero attached hydrogens (tertiary/aromatic N) is 3. The largest absolute Gasteiger partial charge is 0.334 e. The second kappa shape index (κ2) is 5.59. The normalized spacial score (nSPS) is 12.9. The Morgan fingerprint density at radius 2 is 1.95 bits per heavy atom. The standard InChI is InChI=1S/C12H13F3N4O/c1-19(2)5-8(16)11-17-12(20-18-11)6-3-4-7(13)10(15)9(6)14/h3-4,8H,5,16H2,1-2H3. The molecular formula is C12H13F3N4O. The van der Waals surface area contributed by atoms with Crippen LogP contribution in [0.1, 0.15) is 11.9 Å². The molecule has 0 saturated carbocycles. The Morgan fingerprint density at radius 3 is 2.60 bits per heavy atom. The third-order valence-corrected chi connectivity index (χ3v) is 2.60. The van der Waals surface area contributed by atoms with Crippen molar-refractivity contribution < 1.29 is 17.7 Å². The summed E-state index contributed by atoms with van der Waals surface area (Å²) in [5.41, 5.74) is 5.52. The van der Waals surface area contributed by atoms with Crippen molar-refractivity contribution in [2.24, 2.45) is 5.73 Å². The Labute approximate surface area is 113 Å². The van der Waals surface area contributed by atoms with Gasteiger partial charge in [0, 0.05) is 6.54 Å². The van der Waals surface area contributed by atoms with Gasteiger partial charge in [0.25, 0.3) is 5.89 Å². The van der Waals surface area contributed by atoms with Crippen LogP contribution < -0.4 is 5.73 Å². The zero-order chi connectivity index (χ0) is 14.9. The first kappa shape index (κ1) is 14.5. The predicted octanol–water partition coefficient (Wildman–Crippen LogP) is 1.72. The summed E-state index contributed by atoms with van der Waals surface area (Å²) in [4.78, 5) is 5.72. The van der Waals surface area contributed by atoms with Crippen LogP contribution in [-0.4, -0.2) is 35.7 Å². The van der Waals surface area contributed by atoms with Crippen LogP contribution in [0.25, 0.3) is 11.5 Å². The van der Waals surface area contributed by atoms with Crippen LogP contribution in [-0.2, 0) is 0 Å². The summed E-state index contributed by atoms with van der Waals surface area (Å²) in [6.45, 7) is 0.458. The van der Waals surface area contributed by atoms with E-state index in [1.165, 1.54) is 0 Å². The van der Waals surface area contributed by atoms with Crippen molar-refractivity contribution in [3.63, 3.8) is 0 Å². The lowest BCUT2D eigenvalue weighted by molar-refractivity contribution is 0.356. The van der Waals surface area contributed by atoms with E-state index in [4.69, 9.17) is 10.3 Å². The zero-order valence-electron chi connectivity index (χ0n) is 10.9. The minimum atomic E-state index is -1.58. The lowest BCUT2D eigenvalue weighted by Gasteiger charge is -2.12. The molecule has 0 bridgehead atoms. The van der Waals surface area contributed by atoms with Gasteiger partial charge >= 0.3 is 0 Å². The third kappa shape index (κ3) is 2.81. The molecule has 5 nitrogen and oxygen atoms in total. The van der Waals surface area contributed by atoms with Gasteiger partial charge in [0.2, 0.25) is 0 Å². The number of benzene rings is 1. The molecule has 0 spiro atoms. The van der Waals surface area contributed by atoms with Gasteiger partial charge < -0.3 is 15.2 Å². The van der Waals surface area contributed by atoms with Gasteiger partial charge in [0.15, 0.2) is 23.3 Å². The van der Waals surface area contributed by atoms with E-state index in [2.05, 4.69) is 10.1 Å². The average Bonchev–Trinajstić information content (AvgIpc) is 2.85. The van der Waals surface area contributed by atoms with Gasteiger partial charge in [-0.2, -0.15) is 4.98 Å². The van der Waals surface area contributed by atoms with Gasteiger partial charge in [0.1, 0.15) is 0 Å². The van der Waals surface area contributed by atoms with E-state index >= 15 is 0 Å². The van der Waals surface area contributed by atoms with Crippen molar-refractivity contribution in [1.29, 1.82) is 0 Å². The highest BCUT2D eigenvalue weighted by atomic mass is 19.2. The van der Waals surface area contributed by atoms with Crippen LogP contribution in [0, 0.1) is 17.5 Å². The van der Waals surface area contributed by atoms with Gasteiger partial charge in [-0.25, -0.2) is 13.2 Å². The van der Waals surface area contributed by atoms with Crippen molar-refractivity contribution >= 4 is 0 Å². The molecule has 8 heteroatoms. The molecule has 2 N–H and O–H groups in total. The summed E-state index contributed by atoms with van der Waals surface area (Å²) in [6, 6.07) is 1.29. The molecule has 1 heterocycles. The highest BCUT2D eigenvalue weighted by Crippen LogP contribution is 2.25. The van der Waals surface area contributed by atoms with E-state index in [1.807, 2.05) is 19.0 Å². The maximum atomic E-state index is 13.6. The minimum Gasteiger partial charge on any atom is -0.334 e. The van der Waals surface area contributed by atoms with Gasteiger partial charge in [0.05, 0.1) is 11.6 Å². The summed E-state index contributed by atoms with van der Waals surface area (Å²) in [6.07, 6.45) is 0. The van der Waals surface area contributed by atoms with Gasteiger partial charge in [-0.1, -0.05) is 5.16 Å². The fraction of sp³-hybridized carbons (Fsp3) is 0.333. The van der Waals surface area contributed by atoms with E-state index in [0.717, 1.165) is 12.1 Å². The number of halogens is 3. The molecule has 0 fully saturated rings.